The van der Waals surface area contributed by atoms with Gasteiger partial charge < -0.3 is 4.74 Å². The summed E-state index contributed by atoms with van der Waals surface area (Å²) in [6.07, 6.45) is 2.20. The minimum absolute atomic E-state index is 0.0188. The number of anilines is 1. The molecule has 0 fully saturated rings. The van der Waals surface area contributed by atoms with Crippen LogP contribution in [0.3, 0.4) is 0 Å². The van der Waals surface area contributed by atoms with Crippen molar-refractivity contribution in [1.82, 2.24) is 0 Å². The normalized spacial score (nSPS) is 19.7. The first-order valence-corrected chi connectivity index (χ1v) is 9.88. The molecule has 1 aliphatic heterocycles. The van der Waals surface area contributed by atoms with Crippen LogP contribution in [0.2, 0.25) is 5.02 Å². The molecular weight excluding hydrogens is 374 g/mol. The highest BCUT2D eigenvalue weighted by atomic mass is 35.5. The number of carbonyl (C=O) groups excluding carboxylic acids is 2. The van der Waals surface area contributed by atoms with Gasteiger partial charge >= 0.3 is 0 Å². The predicted molar refractivity (Wildman–Crippen MR) is 110 cm³/mol. The maximum absolute atomic E-state index is 13.3. The van der Waals surface area contributed by atoms with E-state index < -0.39 is 0 Å². The average Bonchev–Trinajstić information content (AvgIpc) is 2.70. The van der Waals surface area contributed by atoms with E-state index >= 15 is 0 Å². The van der Waals surface area contributed by atoms with E-state index in [1.807, 2.05) is 49.4 Å². The quantitative estimate of drug-likeness (QED) is 0.718. The molecule has 5 heteroatoms. The molecule has 0 bridgehead atoms. The first-order chi connectivity index (χ1) is 13.5. The molecule has 4 nitrogen and oxygen atoms in total. The zero-order chi connectivity index (χ0) is 19.8. The molecule has 144 valence electrons. The second-order valence-electron chi connectivity index (χ2n) is 7.25. The first-order valence-electron chi connectivity index (χ1n) is 9.50. The van der Waals surface area contributed by atoms with E-state index in [1.165, 1.54) is 0 Å². The topological polar surface area (TPSA) is 46.6 Å². The lowest BCUT2D eigenvalue weighted by atomic mass is 9.76. The fraction of sp³-hybridized carbons (Fsp3) is 0.304. The lowest BCUT2D eigenvalue weighted by Gasteiger charge is -2.39. The van der Waals surface area contributed by atoms with Crippen LogP contribution in [0.4, 0.5) is 5.69 Å². The molecule has 0 saturated heterocycles. The summed E-state index contributed by atoms with van der Waals surface area (Å²) in [5, 5.41) is 0.612. The molecule has 28 heavy (non-hydrogen) atoms. The van der Waals surface area contributed by atoms with E-state index in [0.29, 0.717) is 23.6 Å². The molecule has 1 amide bonds. The molecule has 2 aromatic carbocycles. The van der Waals surface area contributed by atoms with Crippen LogP contribution < -0.4 is 9.64 Å². The summed E-state index contributed by atoms with van der Waals surface area (Å²) >= 11 is 6.31. The van der Waals surface area contributed by atoms with E-state index in [0.717, 1.165) is 34.5 Å². The minimum atomic E-state index is -0.276. The zero-order valence-electron chi connectivity index (χ0n) is 16.0. The Morgan fingerprint density at radius 3 is 2.64 bits per heavy atom. The van der Waals surface area contributed by atoms with Crippen molar-refractivity contribution in [3.05, 3.63) is 69.9 Å². The van der Waals surface area contributed by atoms with Crippen molar-refractivity contribution in [3.8, 4) is 5.75 Å². The Labute approximate surface area is 169 Å². The molecule has 1 aliphatic carbocycles. The second kappa shape index (κ2) is 7.44. The molecule has 1 atom stereocenters. The Hall–Kier alpha value is -2.59. The lowest BCUT2D eigenvalue weighted by molar-refractivity contribution is -0.119. The number of ketones is 1. The average molecular weight is 396 g/mol. The van der Waals surface area contributed by atoms with Gasteiger partial charge in [0.05, 0.1) is 12.8 Å². The van der Waals surface area contributed by atoms with Crippen molar-refractivity contribution >= 4 is 29.0 Å². The van der Waals surface area contributed by atoms with Crippen molar-refractivity contribution in [1.29, 1.82) is 0 Å². The van der Waals surface area contributed by atoms with Gasteiger partial charge in [0.25, 0.3) is 0 Å². The van der Waals surface area contributed by atoms with Crippen LogP contribution in [0.25, 0.3) is 0 Å². The molecule has 0 aromatic heterocycles. The van der Waals surface area contributed by atoms with Crippen molar-refractivity contribution in [3.63, 3.8) is 0 Å². The minimum Gasteiger partial charge on any atom is -0.496 e. The second-order valence-corrected chi connectivity index (χ2v) is 7.66. The first kappa shape index (κ1) is 18.8. The number of methoxy groups -OCH3 is 1. The fourth-order valence-corrected chi connectivity index (χ4v) is 4.50. The van der Waals surface area contributed by atoms with Crippen LogP contribution in [-0.4, -0.2) is 18.8 Å². The van der Waals surface area contributed by atoms with E-state index in [9.17, 15) is 9.59 Å². The van der Waals surface area contributed by atoms with Gasteiger partial charge in [-0.1, -0.05) is 35.9 Å². The number of Topliss-reactive ketones (excluding diaryl/α,β-unsaturated/α-hetero) is 1. The van der Waals surface area contributed by atoms with Gasteiger partial charge in [-0.25, -0.2) is 0 Å². The third kappa shape index (κ3) is 3.02. The van der Waals surface area contributed by atoms with Gasteiger partial charge in [-0.2, -0.15) is 0 Å². The van der Waals surface area contributed by atoms with Crippen molar-refractivity contribution in [2.45, 2.75) is 38.5 Å². The molecule has 0 radical (unpaired) electrons. The largest absolute Gasteiger partial charge is 0.496 e. The van der Waals surface area contributed by atoms with Gasteiger partial charge in [0.2, 0.25) is 5.91 Å². The van der Waals surface area contributed by atoms with Crippen LogP contribution in [0.5, 0.6) is 5.75 Å². The van der Waals surface area contributed by atoms with Gasteiger partial charge in [0.1, 0.15) is 5.75 Å². The summed E-state index contributed by atoms with van der Waals surface area (Å²) in [5.41, 5.74) is 4.06. The number of allylic oxidation sites excluding steroid dienone is 2. The van der Waals surface area contributed by atoms with E-state index in [2.05, 4.69) is 0 Å². The molecular formula is C23H22ClNO3. The zero-order valence-corrected chi connectivity index (χ0v) is 16.8. The van der Waals surface area contributed by atoms with Crippen molar-refractivity contribution in [2.24, 2.45) is 0 Å². The number of nitrogens with zero attached hydrogens (tertiary/aromatic N) is 1. The monoisotopic (exact) mass is 395 g/mol. The van der Waals surface area contributed by atoms with Crippen LogP contribution in [-0.2, 0) is 9.59 Å². The van der Waals surface area contributed by atoms with E-state index in [-0.39, 0.29) is 24.0 Å². The Bertz CT molecular complexity index is 995. The van der Waals surface area contributed by atoms with Crippen LogP contribution in [0.1, 0.15) is 42.7 Å². The lowest BCUT2D eigenvalue weighted by Crippen LogP contribution is -2.41. The number of hydrogen-bond acceptors (Lipinski definition) is 3. The Morgan fingerprint density at radius 2 is 1.86 bits per heavy atom. The number of benzene rings is 2. The molecule has 0 saturated carbocycles. The Balaban J connectivity index is 1.91. The smallest absolute Gasteiger partial charge is 0.232 e. The predicted octanol–water partition coefficient (Wildman–Crippen LogP) is 5.18. The van der Waals surface area contributed by atoms with Crippen molar-refractivity contribution in [2.75, 3.05) is 12.0 Å². The van der Waals surface area contributed by atoms with Crippen LogP contribution in [0.15, 0.2) is 53.7 Å². The number of halogens is 1. The number of amides is 1. The summed E-state index contributed by atoms with van der Waals surface area (Å²) in [6.45, 7) is 1.90. The molecule has 0 N–H and O–H groups in total. The molecule has 2 aromatic rings. The number of carbonyl (C=O) groups is 2. The molecule has 4 rings (SSSR count). The third-order valence-corrected chi connectivity index (χ3v) is 6.08. The Kier molecular flexibility index (Phi) is 4.98. The van der Waals surface area contributed by atoms with Gasteiger partial charge in [-0.3, -0.25) is 14.5 Å². The summed E-state index contributed by atoms with van der Waals surface area (Å²) < 4.78 is 5.52. The molecule has 0 spiro atoms. The SMILES string of the molecule is COc1ccccc1C1CC(=O)N(c2cccc(Cl)c2C)C2=C1C(=O)CCC2. The maximum Gasteiger partial charge on any atom is 0.232 e. The third-order valence-electron chi connectivity index (χ3n) is 5.67. The summed E-state index contributed by atoms with van der Waals surface area (Å²) in [6, 6.07) is 13.2. The number of rotatable bonds is 3. The number of ether oxygens (including phenoxy) is 1. The summed E-state index contributed by atoms with van der Waals surface area (Å²) in [5.74, 6) is 0.532. The number of hydrogen-bond donors (Lipinski definition) is 0. The van der Waals surface area contributed by atoms with Crippen molar-refractivity contribution < 1.29 is 14.3 Å². The van der Waals surface area contributed by atoms with Crippen LogP contribution >= 0.6 is 11.6 Å². The maximum atomic E-state index is 13.3. The fourth-order valence-electron chi connectivity index (χ4n) is 4.33. The van der Waals surface area contributed by atoms with Crippen LogP contribution in [0, 0.1) is 6.92 Å². The highest BCUT2D eigenvalue weighted by Gasteiger charge is 2.41. The van der Waals surface area contributed by atoms with Gasteiger partial charge in [-0.15, -0.1) is 0 Å². The Morgan fingerprint density at radius 1 is 1.07 bits per heavy atom. The van der Waals surface area contributed by atoms with E-state index in [4.69, 9.17) is 16.3 Å². The standard InChI is InChI=1S/C23H22ClNO3/c1-14-17(24)8-5-9-18(14)25-19-10-6-11-20(26)23(19)16(13-22(25)27)15-7-3-4-12-21(15)28-2/h3-5,7-9,12,16H,6,10-11,13H2,1-2H3. The molecule has 1 unspecified atom stereocenters. The highest BCUT2D eigenvalue weighted by Crippen LogP contribution is 2.46. The molecule has 1 heterocycles. The van der Waals surface area contributed by atoms with Gasteiger partial charge in [-0.05, 0) is 43.5 Å². The van der Waals surface area contributed by atoms with Gasteiger partial charge in [0, 0.05) is 40.6 Å². The molecule has 2 aliphatic rings. The summed E-state index contributed by atoms with van der Waals surface area (Å²) in [4.78, 5) is 28.0. The van der Waals surface area contributed by atoms with Gasteiger partial charge in [0.15, 0.2) is 5.78 Å². The summed E-state index contributed by atoms with van der Waals surface area (Å²) in [7, 11) is 1.61. The highest BCUT2D eigenvalue weighted by molar-refractivity contribution is 6.31. The van der Waals surface area contributed by atoms with E-state index in [1.54, 1.807) is 12.0 Å². The number of para-hydroxylation sites is 1.